The maximum absolute atomic E-state index is 11.6. The Balaban J connectivity index is 1.98. The van der Waals surface area contributed by atoms with Crippen LogP contribution in [0.15, 0.2) is 54.6 Å². The lowest BCUT2D eigenvalue weighted by molar-refractivity contribution is -0.747. The molecule has 1 heterocycles. The maximum atomic E-state index is 11.6. The van der Waals surface area contributed by atoms with Crippen molar-refractivity contribution in [3.63, 3.8) is 0 Å². The second kappa shape index (κ2) is 4.23. The minimum Gasteiger partial charge on any atom is -0.384 e. The van der Waals surface area contributed by atoms with Crippen molar-refractivity contribution in [3.05, 3.63) is 70.6 Å². The molecule has 0 saturated heterocycles. The van der Waals surface area contributed by atoms with Gasteiger partial charge >= 0.3 is 5.69 Å². The molecule has 2 unspecified atom stereocenters. The van der Waals surface area contributed by atoms with Crippen LogP contribution in [-0.2, 0) is 4.84 Å². The van der Waals surface area contributed by atoms with E-state index < -0.39 is 12.2 Å². The summed E-state index contributed by atoms with van der Waals surface area (Å²) in [5.74, 6) is 0. The average molecular weight is 242 g/mol. The fourth-order valence-corrected chi connectivity index (χ4v) is 2.16. The maximum Gasteiger partial charge on any atom is 0.324 e. The van der Waals surface area contributed by atoms with Crippen molar-refractivity contribution in [1.29, 1.82) is 0 Å². The molecule has 18 heavy (non-hydrogen) atoms. The van der Waals surface area contributed by atoms with Crippen molar-refractivity contribution in [3.8, 4) is 0 Å². The van der Waals surface area contributed by atoms with E-state index in [1.165, 1.54) is 0 Å². The number of hydrogen-bond donors (Lipinski definition) is 1. The van der Waals surface area contributed by atoms with Gasteiger partial charge < -0.3 is 5.11 Å². The molecule has 0 amide bonds. The van der Waals surface area contributed by atoms with E-state index >= 15 is 0 Å². The molecule has 2 aromatic rings. The zero-order valence-electron chi connectivity index (χ0n) is 9.56. The summed E-state index contributed by atoms with van der Waals surface area (Å²) in [4.78, 5) is 17.2. The summed E-state index contributed by atoms with van der Waals surface area (Å²) in [6, 6.07) is 16.2. The molecule has 0 spiro atoms. The number of hydrogen-bond acceptors (Lipinski definition) is 3. The monoisotopic (exact) mass is 242 g/mol. The van der Waals surface area contributed by atoms with Crippen LogP contribution in [0.4, 0.5) is 5.69 Å². The van der Waals surface area contributed by atoms with Crippen LogP contribution in [0.25, 0.3) is 0 Å². The number of nitrogens with zero attached hydrogens (tertiary/aromatic N) is 1. The van der Waals surface area contributed by atoms with Gasteiger partial charge in [-0.25, -0.2) is 4.84 Å². The lowest BCUT2D eigenvalue weighted by atomic mass is 9.98. The first-order valence-electron chi connectivity index (χ1n) is 5.73. The molecule has 0 aromatic heterocycles. The standard InChI is InChI=1S/C14H12NO3/c16-13(10-6-2-1-3-7-10)14-11-8-4-5-9-12(11)15(17)18-14/h1-9,13-14,16H/q+1. The number of aliphatic hydroxyl groups excluding tert-OH is 1. The summed E-state index contributed by atoms with van der Waals surface area (Å²) in [6.45, 7) is 0. The van der Waals surface area contributed by atoms with E-state index in [0.717, 1.165) is 5.56 Å². The van der Waals surface area contributed by atoms with E-state index in [-0.39, 0.29) is 0 Å². The summed E-state index contributed by atoms with van der Waals surface area (Å²) in [5, 5.41) is 10.3. The van der Waals surface area contributed by atoms with E-state index in [0.29, 0.717) is 16.2 Å². The van der Waals surface area contributed by atoms with E-state index in [2.05, 4.69) is 0 Å². The molecule has 1 N–H and O–H groups in total. The van der Waals surface area contributed by atoms with Crippen LogP contribution in [0.3, 0.4) is 0 Å². The highest BCUT2D eigenvalue weighted by Crippen LogP contribution is 2.42. The van der Waals surface area contributed by atoms with Gasteiger partial charge in [-0.2, -0.15) is 0 Å². The molecule has 1 aliphatic rings. The summed E-state index contributed by atoms with van der Waals surface area (Å²) < 4.78 is 0. The minimum atomic E-state index is -0.855. The molecule has 0 fully saturated rings. The molecule has 2 aromatic carbocycles. The predicted molar refractivity (Wildman–Crippen MR) is 65.0 cm³/mol. The molecule has 2 atom stereocenters. The topological polar surface area (TPSA) is 49.5 Å². The van der Waals surface area contributed by atoms with Crippen LogP contribution in [0, 0.1) is 4.91 Å². The van der Waals surface area contributed by atoms with E-state index in [1.54, 1.807) is 18.2 Å². The third kappa shape index (κ3) is 1.67. The number of aliphatic hydroxyl groups is 1. The summed E-state index contributed by atoms with van der Waals surface area (Å²) in [6.07, 6.45) is -1.51. The van der Waals surface area contributed by atoms with Gasteiger partial charge in [0.2, 0.25) is 6.10 Å². The molecule has 0 bridgehead atoms. The summed E-state index contributed by atoms with van der Waals surface area (Å²) >= 11 is 0. The van der Waals surface area contributed by atoms with Gasteiger partial charge in [0.05, 0.1) is 10.5 Å². The van der Waals surface area contributed by atoms with Crippen molar-refractivity contribution in [2.24, 2.45) is 0 Å². The minimum absolute atomic E-state index is 0.456. The van der Waals surface area contributed by atoms with Crippen molar-refractivity contribution < 1.29 is 14.9 Å². The van der Waals surface area contributed by atoms with Gasteiger partial charge in [-0.1, -0.05) is 42.5 Å². The highest BCUT2D eigenvalue weighted by atomic mass is 16.8. The fourth-order valence-electron chi connectivity index (χ4n) is 2.16. The lowest BCUT2D eigenvalue weighted by Gasteiger charge is -2.13. The van der Waals surface area contributed by atoms with E-state index in [9.17, 15) is 10.0 Å². The van der Waals surface area contributed by atoms with Gasteiger partial charge in [-0.05, 0) is 11.6 Å². The van der Waals surface area contributed by atoms with Gasteiger partial charge in [0.25, 0.3) is 4.92 Å². The SMILES string of the molecule is O=[N+]1OC(C(O)c2ccccc2)c2ccccc21. The van der Waals surface area contributed by atoms with Crippen molar-refractivity contribution in [2.45, 2.75) is 12.2 Å². The molecule has 1 aliphatic heterocycles. The first-order valence-corrected chi connectivity index (χ1v) is 5.73. The average Bonchev–Trinajstić information content (AvgIpc) is 2.77. The van der Waals surface area contributed by atoms with Gasteiger partial charge in [0.15, 0.2) is 0 Å². The quantitative estimate of drug-likeness (QED) is 0.880. The Hall–Kier alpha value is -2.20. The zero-order chi connectivity index (χ0) is 12.5. The van der Waals surface area contributed by atoms with Crippen LogP contribution in [0.1, 0.15) is 23.3 Å². The highest BCUT2D eigenvalue weighted by molar-refractivity contribution is 5.43. The third-order valence-corrected chi connectivity index (χ3v) is 3.08. The Labute approximate surface area is 104 Å². The number of para-hydroxylation sites is 1. The molecule has 0 saturated carbocycles. The Bertz CT molecular complexity index is 583. The second-order valence-corrected chi connectivity index (χ2v) is 4.20. The van der Waals surface area contributed by atoms with Crippen molar-refractivity contribution in [2.75, 3.05) is 0 Å². The van der Waals surface area contributed by atoms with E-state index in [1.807, 2.05) is 36.4 Å². The number of fused-ring (bicyclic) bond motifs is 1. The van der Waals surface area contributed by atoms with Gasteiger partial charge in [0, 0.05) is 6.07 Å². The highest BCUT2D eigenvalue weighted by Gasteiger charge is 2.44. The Kier molecular flexibility index (Phi) is 2.57. The second-order valence-electron chi connectivity index (χ2n) is 4.20. The Morgan fingerprint density at radius 3 is 2.50 bits per heavy atom. The van der Waals surface area contributed by atoms with Gasteiger partial charge in [0.1, 0.15) is 6.10 Å². The first-order chi connectivity index (χ1) is 8.77. The summed E-state index contributed by atoms with van der Waals surface area (Å²) in [7, 11) is 0. The largest absolute Gasteiger partial charge is 0.384 e. The predicted octanol–water partition coefficient (Wildman–Crippen LogP) is 2.82. The third-order valence-electron chi connectivity index (χ3n) is 3.08. The van der Waals surface area contributed by atoms with Crippen LogP contribution in [-0.4, -0.2) is 10.0 Å². The van der Waals surface area contributed by atoms with Crippen LogP contribution < -0.4 is 0 Å². The Morgan fingerprint density at radius 2 is 1.72 bits per heavy atom. The normalized spacial score (nSPS) is 19.2. The molecular weight excluding hydrogens is 230 g/mol. The van der Waals surface area contributed by atoms with Crippen LogP contribution >= 0.6 is 0 Å². The van der Waals surface area contributed by atoms with Crippen LogP contribution in [0.2, 0.25) is 0 Å². The van der Waals surface area contributed by atoms with E-state index in [4.69, 9.17) is 4.84 Å². The van der Waals surface area contributed by atoms with Crippen molar-refractivity contribution in [1.82, 2.24) is 0 Å². The number of rotatable bonds is 2. The molecular formula is C14H12NO3+. The Morgan fingerprint density at radius 1 is 1.06 bits per heavy atom. The smallest absolute Gasteiger partial charge is 0.324 e. The number of benzene rings is 2. The molecule has 3 rings (SSSR count). The molecule has 0 aliphatic carbocycles. The molecule has 4 nitrogen and oxygen atoms in total. The zero-order valence-corrected chi connectivity index (χ0v) is 9.56. The molecule has 90 valence electrons. The van der Waals surface area contributed by atoms with Crippen molar-refractivity contribution >= 4 is 5.69 Å². The lowest BCUT2D eigenvalue weighted by Crippen LogP contribution is -2.11. The van der Waals surface area contributed by atoms with Gasteiger partial charge in [-0.15, -0.1) is 0 Å². The fraction of sp³-hybridized carbons (Fsp3) is 0.143. The van der Waals surface area contributed by atoms with Crippen LogP contribution in [0.5, 0.6) is 0 Å². The first kappa shape index (κ1) is 10.9. The molecule has 4 heteroatoms. The molecule has 0 radical (unpaired) electrons. The summed E-state index contributed by atoms with van der Waals surface area (Å²) in [5.41, 5.74) is 1.90. The van der Waals surface area contributed by atoms with Gasteiger partial charge in [-0.3, -0.25) is 0 Å².